The molecule has 1 unspecified atom stereocenters. The molecule has 200 valence electrons. The van der Waals surface area contributed by atoms with Crippen molar-refractivity contribution >= 4 is 34.0 Å². The van der Waals surface area contributed by atoms with E-state index in [0.29, 0.717) is 23.6 Å². The molecule has 3 aromatic carbocycles. The molecule has 2 N–H and O–H groups in total. The van der Waals surface area contributed by atoms with Crippen molar-refractivity contribution in [2.24, 2.45) is 0 Å². The highest BCUT2D eigenvalue weighted by Gasteiger charge is 2.48. The minimum absolute atomic E-state index is 0.0440. The van der Waals surface area contributed by atoms with Crippen LogP contribution in [0.2, 0.25) is 0 Å². The Morgan fingerprint density at radius 1 is 1.05 bits per heavy atom. The van der Waals surface area contributed by atoms with Crippen molar-refractivity contribution < 1.29 is 24.2 Å². The highest BCUT2D eigenvalue weighted by atomic mass is 16.5. The summed E-state index contributed by atoms with van der Waals surface area (Å²) in [6.07, 6.45) is 0. The number of ketones is 1. The predicted molar refractivity (Wildman–Crippen MR) is 153 cm³/mol. The lowest BCUT2D eigenvalue weighted by molar-refractivity contribution is -0.132. The third-order valence-corrected chi connectivity index (χ3v) is 7.22. The summed E-state index contributed by atoms with van der Waals surface area (Å²) in [6.45, 7) is 8.43. The van der Waals surface area contributed by atoms with Crippen LogP contribution in [-0.4, -0.2) is 35.5 Å². The fourth-order valence-electron chi connectivity index (χ4n) is 5.35. The largest absolute Gasteiger partial charge is 0.507 e. The van der Waals surface area contributed by atoms with Crippen LogP contribution < -0.4 is 14.4 Å². The van der Waals surface area contributed by atoms with Gasteiger partial charge in [-0.25, -0.2) is 0 Å². The van der Waals surface area contributed by atoms with Crippen molar-refractivity contribution in [3.63, 3.8) is 0 Å². The molecule has 0 saturated carbocycles. The summed E-state index contributed by atoms with van der Waals surface area (Å²) in [5.41, 5.74) is 4.39. The Kier molecular flexibility index (Phi) is 6.91. The zero-order chi connectivity index (χ0) is 27.8. The Labute approximate surface area is 227 Å². The maximum atomic E-state index is 13.7. The summed E-state index contributed by atoms with van der Waals surface area (Å²) < 4.78 is 11.1. The zero-order valence-electron chi connectivity index (χ0n) is 22.7. The monoisotopic (exact) mass is 524 g/mol. The standard InChI is InChI=1S/C32H32N2O5/c1-6-39-26-16-11-20(17-24(26)18(2)3)30(35)28-29(27-19(4)33-25-10-8-7-9-23(25)27)34(32(37)31(28)36)21-12-14-22(38-5)15-13-21/h7-18,29,33,35H,6H2,1-5H3/b30-28+. The van der Waals surface area contributed by atoms with E-state index in [9.17, 15) is 14.7 Å². The van der Waals surface area contributed by atoms with Crippen molar-refractivity contribution in [1.82, 2.24) is 4.98 Å². The average molecular weight is 525 g/mol. The average Bonchev–Trinajstić information content (AvgIpc) is 3.40. The number of hydrogen-bond acceptors (Lipinski definition) is 5. The molecule has 1 aromatic heterocycles. The number of ether oxygens (including phenoxy) is 2. The van der Waals surface area contributed by atoms with Crippen LogP contribution in [-0.2, 0) is 9.59 Å². The molecule has 0 spiro atoms. The molecule has 1 fully saturated rings. The third-order valence-electron chi connectivity index (χ3n) is 7.22. The number of aryl methyl sites for hydroxylation is 1. The first-order valence-electron chi connectivity index (χ1n) is 13.1. The van der Waals surface area contributed by atoms with Gasteiger partial charge < -0.3 is 19.6 Å². The molecule has 1 amide bonds. The highest BCUT2D eigenvalue weighted by molar-refractivity contribution is 6.52. The van der Waals surface area contributed by atoms with Crippen molar-refractivity contribution in [3.8, 4) is 11.5 Å². The molecule has 7 heteroatoms. The van der Waals surface area contributed by atoms with E-state index in [0.717, 1.165) is 33.5 Å². The second kappa shape index (κ2) is 10.3. The highest BCUT2D eigenvalue weighted by Crippen LogP contribution is 2.46. The van der Waals surface area contributed by atoms with Crippen LogP contribution in [0.15, 0.2) is 72.3 Å². The van der Waals surface area contributed by atoms with Gasteiger partial charge >= 0.3 is 0 Å². The number of rotatable bonds is 7. The predicted octanol–water partition coefficient (Wildman–Crippen LogP) is 6.63. The van der Waals surface area contributed by atoms with E-state index in [1.807, 2.05) is 58.0 Å². The van der Waals surface area contributed by atoms with E-state index in [-0.39, 0.29) is 17.3 Å². The number of nitrogens with one attached hydrogen (secondary N) is 1. The van der Waals surface area contributed by atoms with Gasteiger partial charge in [0.2, 0.25) is 0 Å². The topological polar surface area (TPSA) is 91.9 Å². The fourth-order valence-corrected chi connectivity index (χ4v) is 5.35. The van der Waals surface area contributed by atoms with Crippen molar-refractivity contribution in [2.45, 2.75) is 39.7 Å². The van der Waals surface area contributed by atoms with Crippen LogP contribution >= 0.6 is 0 Å². The number of H-pyrrole nitrogens is 1. The van der Waals surface area contributed by atoms with Crippen LogP contribution in [0.4, 0.5) is 5.69 Å². The van der Waals surface area contributed by atoms with Gasteiger partial charge in [-0.2, -0.15) is 0 Å². The molecular weight excluding hydrogens is 492 g/mol. The Hall–Kier alpha value is -4.52. The first kappa shape index (κ1) is 26.1. The molecule has 1 aliphatic heterocycles. The van der Waals surface area contributed by atoms with E-state index in [1.165, 1.54) is 4.90 Å². The summed E-state index contributed by atoms with van der Waals surface area (Å²) in [5, 5.41) is 12.6. The number of nitrogens with zero attached hydrogens (tertiary/aromatic N) is 1. The number of fused-ring (bicyclic) bond motifs is 1. The number of benzene rings is 3. The van der Waals surface area contributed by atoms with Gasteiger partial charge in [-0.1, -0.05) is 32.0 Å². The van der Waals surface area contributed by atoms with Gasteiger partial charge in [0.1, 0.15) is 17.3 Å². The van der Waals surface area contributed by atoms with Crippen molar-refractivity contribution in [2.75, 3.05) is 18.6 Å². The molecular formula is C32H32N2O5. The molecule has 1 aliphatic rings. The molecule has 7 nitrogen and oxygen atoms in total. The molecule has 4 aromatic rings. The quantitative estimate of drug-likeness (QED) is 0.161. The molecule has 0 aliphatic carbocycles. The smallest absolute Gasteiger partial charge is 0.300 e. The maximum Gasteiger partial charge on any atom is 0.300 e. The number of carbonyl (C=O) groups excluding carboxylic acids is 2. The van der Waals surface area contributed by atoms with Crippen molar-refractivity contribution in [1.29, 1.82) is 0 Å². The molecule has 1 saturated heterocycles. The first-order chi connectivity index (χ1) is 18.8. The van der Waals surface area contributed by atoms with Gasteiger partial charge in [0.25, 0.3) is 11.7 Å². The molecule has 5 rings (SSSR count). The molecule has 0 radical (unpaired) electrons. The lowest BCUT2D eigenvalue weighted by Gasteiger charge is -2.26. The Balaban J connectivity index is 1.77. The molecule has 39 heavy (non-hydrogen) atoms. The zero-order valence-corrected chi connectivity index (χ0v) is 22.7. The lowest BCUT2D eigenvalue weighted by atomic mass is 9.91. The van der Waals surface area contributed by atoms with Crippen LogP contribution in [0.3, 0.4) is 0 Å². The molecule has 0 bridgehead atoms. The van der Waals surface area contributed by atoms with Gasteiger partial charge in [0, 0.05) is 33.4 Å². The summed E-state index contributed by atoms with van der Waals surface area (Å²) in [5.74, 6) is -0.182. The number of aromatic amines is 1. The van der Waals surface area contributed by atoms with Gasteiger partial charge in [0.15, 0.2) is 0 Å². The second-order valence-corrected chi connectivity index (χ2v) is 9.92. The number of aromatic nitrogens is 1. The minimum Gasteiger partial charge on any atom is -0.507 e. The summed E-state index contributed by atoms with van der Waals surface area (Å²) in [6, 6.07) is 19.3. The number of aliphatic hydroxyl groups excluding tert-OH is 1. The molecule has 1 atom stereocenters. The normalized spacial score (nSPS) is 16.9. The summed E-state index contributed by atoms with van der Waals surface area (Å²) in [7, 11) is 1.57. The van der Waals surface area contributed by atoms with E-state index in [2.05, 4.69) is 4.98 Å². The van der Waals surface area contributed by atoms with Crippen LogP contribution in [0.25, 0.3) is 16.7 Å². The number of anilines is 1. The Morgan fingerprint density at radius 3 is 2.44 bits per heavy atom. The summed E-state index contributed by atoms with van der Waals surface area (Å²) >= 11 is 0. The second-order valence-electron chi connectivity index (χ2n) is 9.92. The number of methoxy groups -OCH3 is 1. The van der Waals surface area contributed by atoms with Gasteiger partial charge in [-0.05, 0) is 73.9 Å². The summed E-state index contributed by atoms with van der Waals surface area (Å²) in [4.78, 5) is 32.2. The fraction of sp³-hybridized carbons (Fsp3) is 0.250. The number of aliphatic hydroxyl groups is 1. The third kappa shape index (κ3) is 4.44. The van der Waals surface area contributed by atoms with E-state index in [4.69, 9.17) is 9.47 Å². The number of hydrogen-bond donors (Lipinski definition) is 2. The number of Topliss-reactive ketones (excluding diaryl/α,β-unsaturated/α-hetero) is 1. The number of para-hydroxylation sites is 1. The van der Waals surface area contributed by atoms with E-state index in [1.54, 1.807) is 43.5 Å². The van der Waals surface area contributed by atoms with Crippen LogP contribution in [0.1, 0.15) is 55.1 Å². The lowest BCUT2D eigenvalue weighted by Crippen LogP contribution is -2.29. The van der Waals surface area contributed by atoms with E-state index < -0.39 is 17.7 Å². The van der Waals surface area contributed by atoms with Crippen LogP contribution in [0.5, 0.6) is 11.5 Å². The van der Waals surface area contributed by atoms with Gasteiger partial charge in [0.05, 0.1) is 25.3 Å². The Morgan fingerprint density at radius 2 is 1.77 bits per heavy atom. The van der Waals surface area contributed by atoms with Crippen LogP contribution in [0, 0.1) is 6.92 Å². The first-order valence-corrected chi connectivity index (χ1v) is 13.1. The van der Waals surface area contributed by atoms with Gasteiger partial charge in [-0.3, -0.25) is 14.5 Å². The minimum atomic E-state index is -0.844. The SMILES string of the molecule is CCOc1ccc(/C(O)=C2\C(=O)C(=O)N(c3ccc(OC)cc3)C2c2c(C)[nH]c3ccccc23)cc1C(C)C. The van der Waals surface area contributed by atoms with E-state index >= 15 is 0 Å². The number of amides is 1. The maximum absolute atomic E-state index is 13.7. The van der Waals surface area contributed by atoms with Crippen molar-refractivity contribution in [3.05, 3.63) is 94.7 Å². The number of carbonyl (C=O) groups is 2. The molecule has 2 heterocycles. The van der Waals surface area contributed by atoms with Gasteiger partial charge in [-0.15, -0.1) is 0 Å². The Bertz CT molecular complexity index is 1600.